The van der Waals surface area contributed by atoms with Gasteiger partial charge in [-0.25, -0.2) is 9.55 Å². The SMILES string of the molecule is COCCSc1nc2c([nH]c3ccccc32)c(=O)n1-c1ccccc1OC. The summed E-state index contributed by atoms with van der Waals surface area (Å²) in [4.78, 5) is 21.5. The second-order valence-corrected chi connectivity index (χ2v) is 7.00. The van der Waals surface area contributed by atoms with E-state index < -0.39 is 0 Å². The van der Waals surface area contributed by atoms with Crippen LogP contribution in [0.3, 0.4) is 0 Å². The fourth-order valence-electron chi connectivity index (χ4n) is 3.08. The smallest absolute Gasteiger partial charge is 0.283 e. The molecular weight excluding hydrogens is 362 g/mol. The summed E-state index contributed by atoms with van der Waals surface area (Å²) in [7, 11) is 3.25. The Kier molecular flexibility index (Phi) is 4.87. The molecule has 0 aliphatic rings. The van der Waals surface area contributed by atoms with E-state index in [9.17, 15) is 4.79 Å². The molecule has 7 heteroatoms. The molecule has 0 radical (unpaired) electrons. The maximum absolute atomic E-state index is 13.4. The van der Waals surface area contributed by atoms with Crippen LogP contribution in [-0.2, 0) is 4.74 Å². The van der Waals surface area contributed by atoms with Crippen molar-refractivity contribution < 1.29 is 9.47 Å². The van der Waals surface area contributed by atoms with Gasteiger partial charge in [-0.1, -0.05) is 42.1 Å². The molecule has 0 spiro atoms. The molecule has 0 saturated heterocycles. The first-order valence-corrected chi connectivity index (χ1v) is 9.51. The Labute approximate surface area is 160 Å². The largest absolute Gasteiger partial charge is 0.495 e. The topological polar surface area (TPSA) is 69.1 Å². The standard InChI is InChI=1S/C20H19N3O3S/c1-25-11-12-27-20-22-17-13-7-3-4-8-14(13)21-18(17)19(24)23(20)15-9-5-6-10-16(15)26-2/h3-10,21H,11-12H2,1-2H3. The highest BCUT2D eigenvalue weighted by molar-refractivity contribution is 7.99. The lowest BCUT2D eigenvalue weighted by atomic mass is 10.2. The molecule has 0 saturated carbocycles. The lowest BCUT2D eigenvalue weighted by molar-refractivity contribution is 0.218. The third-order valence-electron chi connectivity index (χ3n) is 4.34. The van der Waals surface area contributed by atoms with Crippen molar-refractivity contribution in [2.75, 3.05) is 26.6 Å². The zero-order valence-electron chi connectivity index (χ0n) is 15.1. The van der Waals surface area contributed by atoms with Crippen LogP contribution in [0.25, 0.3) is 27.6 Å². The van der Waals surface area contributed by atoms with E-state index >= 15 is 0 Å². The van der Waals surface area contributed by atoms with Crippen LogP contribution in [-0.4, -0.2) is 41.1 Å². The van der Waals surface area contributed by atoms with Gasteiger partial charge >= 0.3 is 0 Å². The predicted molar refractivity (Wildman–Crippen MR) is 108 cm³/mol. The number of thioether (sulfide) groups is 1. The summed E-state index contributed by atoms with van der Waals surface area (Å²) in [6.45, 7) is 0.568. The maximum Gasteiger partial charge on any atom is 0.283 e. The summed E-state index contributed by atoms with van der Waals surface area (Å²) in [5, 5.41) is 1.55. The number of ether oxygens (including phenoxy) is 2. The molecule has 0 unspecified atom stereocenters. The molecule has 0 aliphatic heterocycles. The molecule has 4 rings (SSSR count). The number of nitrogens with one attached hydrogen (secondary N) is 1. The van der Waals surface area contributed by atoms with Gasteiger partial charge in [-0.05, 0) is 18.2 Å². The Bertz CT molecular complexity index is 1170. The van der Waals surface area contributed by atoms with Crippen LogP contribution in [0.5, 0.6) is 5.75 Å². The predicted octanol–water partition coefficient (Wildman–Crippen LogP) is 3.61. The Morgan fingerprint density at radius 3 is 2.70 bits per heavy atom. The highest BCUT2D eigenvalue weighted by Crippen LogP contribution is 2.29. The molecule has 1 N–H and O–H groups in total. The molecule has 2 aromatic heterocycles. The normalized spacial score (nSPS) is 11.3. The van der Waals surface area contributed by atoms with Gasteiger partial charge in [-0.2, -0.15) is 0 Å². The van der Waals surface area contributed by atoms with Crippen molar-refractivity contribution >= 4 is 33.7 Å². The Morgan fingerprint density at radius 1 is 1.11 bits per heavy atom. The second kappa shape index (κ2) is 7.46. The molecule has 0 amide bonds. The van der Waals surface area contributed by atoms with Crippen LogP contribution in [0.1, 0.15) is 0 Å². The molecule has 0 bridgehead atoms. The van der Waals surface area contributed by atoms with Crippen LogP contribution in [0.4, 0.5) is 0 Å². The molecule has 2 aromatic carbocycles. The van der Waals surface area contributed by atoms with Crippen molar-refractivity contribution in [3.63, 3.8) is 0 Å². The van der Waals surface area contributed by atoms with Gasteiger partial charge in [0, 0.05) is 23.8 Å². The van der Waals surface area contributed by atoms with Gasteiger partial charge < -0.3 is 14.5 Å². The molecule has 0 aliphatic carbocycles. The van der Waals surface area contributed by atoms with Gasteiger partial charge in [0.15, 0.2) is 5.16 Å². The summed E-state index contributed by atoms with van der Waals surface area (Å²) < 4.78 is 12.2. The van der Waals surface area contributed by atoms with Crippen molar-refractivity contribution in [2.45, 2.75) is 5.16 Å². The number of rotatable bonds is 6. The molecule has 0 atom stereocenters. The van der Waals surface area contributed by atoms with Crippen LogP contribution < -0.4 is 10.3 Å². The van der Waals surface area contributed by atoms with E-state index in [4.69, 9.17) is 14.5 Å². The molecule has 27 heavy (non-hydrogen) atoms. The number of hydrogen-bond donors (Lipinski definition) is 1. The number of methoxy groups -OCH3 is 2. The monoisotopic (exact) mass is 381 g/mol. The lowest BCUT2D eigenvalue weighted by Crippen LogP contribution is -2.22. The first kappa shape index (κ1) is 17.6. The number of fused-ring (bicyclic) bond motifs is 3. The number of H-pyrrole nitrogens is 1. The summed E-state index contributed by atoms with van der Waals surface area (Å²) in [6, 6.07) is 15.2. The molecule has 0 fully saturated rings. The van der Waals surface area contributed by atoms with E-state index in [1.54, 1.807) is 18.8 Å². The molecule has 2 heterocycles. The fraction of sp³-hybridized carbons (Fsp3) is 0.200. The van der Waals surface area contributed by atoms with Gasteiger partial charge in [-0.3, -0.25) is 4.79 Å². The molecule has 138 valence electrons. The lowest BCUT2D eigenvalue weighted by Gasteiger charge is -2.14. The highest BCUT2D eigenvalue weighted by Gasteiger charge is 2.19. The Hall–Kier alpha value is -2.77. The van der Waals surface area contributed by atoms with E-state index in [0.717, 1.165) is 10.9 Å². The van der Waals surface area contributed by atoms with Crippen molar-refractivity contribution in [3.05, 3.63) is 58.9 Å². The molecular formula is C20H19N3O3S. The minimum Gasteiger partial charge on any atom is -0.495 e. The first-order valence-electron chi connectivity index (χ1n) is 8.53. The third-order valence-corrected chi connectivity index (χ3v) is 5.24. The summed E-state index contributed by atoms with van der Waals surface area (Å²) in [5.74, 6) is 1.30. The number of aromatic amines is 1. The van der Waals surface area contributed by atoms with Crippen LogP contribution in [0.15, 0.2) is 58.5 Å². The van der Waals surface area contributed by atoms with E-state index in [1.165, 1.54) is 11.8 Å². The van der Waals surface area contributed by atoms with E-state index in [-0.39, 0.29) is 5.56 Å². The first-order chi connectivity index (χ1) is 13.2. The van der Waals surface area contributed by atoms with Crippen LogP contribution in [0.2, 0.25) is 0 Å². The number of para-hydroxylation sites is 3. The second-order valence-electron chi connectivity index (χ2n) is 5.94. The van der Waals surface area contributed by atoms with Crippen LogP contribution in [0, 0.1) is 0 Å². The molecule has 4 aromatic rings. The number of aromatic nitrogens is 3. The quantitative estimate of drug-likeness (QED) is 0.314. The number of nitrogens with zero attached hydrogens (tertiary/aromatic N) is 2. The minimum atomic E-state index is -0.152. The van der Waals surface area contributed by atoms with E-state index in [2.05, 4.69) is 4.98 Å². The average Bonchev–Trinajstić information content (AvgIpc) is 3.08. The fourth-order valence-corrected chi connectivity index (χ4v) is 3.98. The Morgan fingerprint density at radius 2 is 1.89 bits per heavy atom. The van der Waals surface area contributed by atoms with Crippen molar-refractivity contribution in [1.29, 1.82) is 0 Å². The summed E-state index contributed by atoms with van der Waals surface area (Å²) in [6.07, 6.45) is 0. The van der Waals surface area contributed by atoms with Crippen molar-refractivity contribution in [2.24, 2.45) is 0 Å². The van der Waals surface area contributed by atoms with Gasteiger partial charge in [0.05, 0.1) is 19.4 Å². The van der Waals surface area contributed by atoms with Gasteiger partial charge in [-0.15, -0.1) is 0 Å². The highest BCUT2D eigenvalue weighted by atomic mass is 32.2. The third kappa shape index (κ3) is 3.09. The van der Waals surface area contributed by atoms with Gasteiger partial charge in [0.25, 0.3) is 5.56 Å². The van der Waals surface area contributed by atoms with Crippen molar-refractivity contribution in [1.82, 2.24) is 14.5 Å². The van der Waals surface area contributed by atoms with Gasteiger partial charge in [0.1, 0.15) is 16.8 Å². The average molecular weight is 381 g/mol. The van der Waals surface area contributed by atoms with Crippen LogP contribution >= 0.6 is 11.8 Å². The zero-order chi connectivity index (χ0) is 18.8. The summed E-state index contributed by atoms with van der Waals surface area (Å²) in [5.41, 5.74) is 2.57. The summed E-state index contributed by atoms with van der Waals surface area (Å²) >= 11 is 1.48. The van der Waals surface area contributed by atoms with Gasteiger partial charge in [0.2, 0.25) is 0 Å². The Balaban J connectivity index is 2.03. The number of benzene rings is 2. The minimum absolute atomic E-state index is 0.152. The van der Waals surface area contributed by atoms with E-state index in [0.29, 0.717) is 40.0 Å². The van der Waals surface area contributed by atoms with Crippen molar-refractivity contribution in [3.8, 4) is 11.4 Å². The number of hydrogen-bond acceptors (Lipinski definition) is 5. The zero-order valence-corrected chi connectivity index (χ0v) is 15.9. The van der Waals surface area contributed by atoms with E-state index in [1.807, 2.05) is 48.5 Å². The molecule has 6 nitrogen and oxygen atoms in total. The maximum atomic E-state index is 13.4.